The fourth-order valence-corrected chi connectivity index (χ4v) is 3.38. The number of aryl methyl sites for hydroxylation is 1. The molecular formula is C16H19N5. The van der Waals surface area contributed by atoms with Crippen molar-refractivity contribution in [3.63, 3.8) is 0 Å². The van der Waals surface area contributed by atoms with Gasteiger partial charge in [0.05, 0.1) is 5.69 Å². The Labute approximate surface area is 124 Å². The van der Waals surface area contributed by atoms with Crippen LogP contribution in [0.15, 0.2) is 36.7 Å². The van der Waals surface area contributed by atoms with Crippen molar-refractivity contribution >= 4 is 5.95 Å². The Bertz CT molecular complexity index is 618. The molecule has 0 spiro atoms. The smallest absolute Gasteiger partial charge is 0.225 e. The molecule has 3 aliphatic heterocycles. The van der Waals surface area contributed by atoms with Crippen molar-refractivity contribution in [3.05, 3.63) is 48.0 Å². The first-order valence-corrected chi connectivity index (χ1v) is 7.50. The van der Waals surface area contributed by atoms with Crippen LogP contribution in [-0.4, -0.2) is 45.0 Å². The van der Waals surface area contributed by atoms with Crippen LogP contribution in [0.5, 0.6) is 0 Å². The molecular weight excluding hydrogens is 262 g/mol. The van der Waals surface area contributed by atoms with Gasteiger partial charge in [-0.3, -0.25) is 9.88 Å². The van der Waals surface area contributed by atoms with Crippen LogP contribution >= 0.6 is 0 Å². The minimum absolute atomic E-state index is 0.606. The normalized spacial score (nSPS) is 24.7. The number of piperazine rings is 1. The van der Waals surface area contributed by atoms with Gasteiger partial charge < -0.3 is 4.90 Å². The molecule has 0 amide bonds. The lowest BCUT2D eigenvalue weighted by atomic mass is 9.87. The third-order valence-electron chi connectivity index (χ3n) is 4.48. The van der Waals surface area contributed by atoms with E-state index in [0.717, 1.165) is 37.0 Å². The Hall–Kier alpha value is -2.01. The Kier molecular flexibility index (Phi) is 3.07. The summed E-state index contributed by atoms with van der Waals surface area (Å²) in [6.07, 6.45) is 5.01. The van der Waals surface area contributed by atoms with Crippen LogP contribution in [0.25, 0.3) is 0 Å². The fourth-order valence-electron chi connectivity index (χ4n) is 3.38. The third-order valence-corrected chi connectivity index (χ3v) is 4.48. The first-order chi connectivity index (χ1) is 10.3. The predicted octanol–water partition coefficient (Wildman–Crippen LogP) is 1.64. The molecule has 21 heavy (non-hydrogen) atoms. The molecule has 3 saturated heterocycles. The number of anilines is 1. The number of rotatable bonds is 3. The van der Waals surface area contributed by atoms with Crippen molar-refractivity contribution in [2.45, 2.75) is 32.0 Å². The summed E-state index contributed by atoms with van der Waals surface area (Å²) in [6.45, 7) is 5.02. The second-order valence-corrected chi connectivity index (χ2v) is 5.94. The van der Waals surface area contributed by atoms with E-state index in [9.17, 15) is 0 Å². The maximum absolute atomic E-state index is 4.54. The van der Waals surface area contributed by atoms with Crippen LogP contribution in [0.3, 0.4) is 0 Å². The molecule has 2 aromatic rings. The van der Waals surface area contributed by atoms with Crippen molar-refractivity contribution in [1.29, 1.82) is 0 Å². The SMILES string of the molecule is Cc1ccnc(N2CC3CC(C2)N3Cc2ccccn2)n1. The topological polar surface area (TPSA) is 45.2 Å². The summed E-state index contributed by atoms with van der Waals surface area (Å²) >= 11 is 0. The summed E-state index contributed by atoms with van der Waals surface area (Å²) in [5.74, 6) is 0.877. The van der Waals surface area contributed by atoms with E-state index in [1.54, 1.807) is 0 Å². The first-order valence-electron chi connectivity index (χ1n) is 7.50. The second kappa shape index (κ2) is 5.07. The predicted molar refractivity (Wildman–Crippen MR) is 81.0 cm³/mol. The van der Waals surface area contributed by atoms with E-state index in [4.69, 9.17) is 0 Å². The maximum Gasteiger partial charge on any atom is 0.225 e. The van der Waals surface area contributed by atoms with Crippen LogP contribution in [0.2, 0.25) is 0 Å². The van der Waals surface area contributed by atoms with Crippen molar-refractivity contribution in [2.75, 3.05) is 18.0 Å². The molecule has 5 rings (SSSR count). The summed E-state index contributed by atoms with van der Waals surface area (Å²) in [4.78, 5) is 18.3. The van der Waals surface area contributed by atoms with Crippen LogP contribution in [-0.2, 0) is 6.54 Å². The standard InChI is InChI=1S/C16H19N5/c1-12-5-7-18-16(19-12)20-10-14-8-15(11-20)21(14)9-13-4-2-3-6-17-13/h2-7,14-15H,8-11H2,1H3. The lowest BCUT2D eigenvalue weighted by Crippen LogP contribution is -2.68. The Morgan fingerprint density at radius 2 is 1.95 bits per heavy atom. The van der Waals surface area contributed by atoms with Crippen LogP contribution in [0, 0.1) is 6.92 Å². The number of hydrogen-bond donors (Lipinski definition) is 0. The highest BCUT2D eigenvalue weighted by atomic mass is 15.4. The van der Waals surface area contributed by atoms with E-state index in [1.807, 2.05) is 31.5 Å². The molecule has 108 valence electrons. The molecule has 0 N–H and O–H groups in total. The van der Waals surface area contributed by atoms with Gasteiger partial charge in [0.1, 0.15) is 0 Å². The third kappa shape index (κ3) is 2.38. The van der Waals surface area contributed by atoms with Crippen LogP contribution < -0.4 is 4.90 Å². The number of nitrogens with zero attached hydrogens (tertiary/aromatic N) is 5. The largest absolute Gasteiger partial charge is 0.338 e. The molecule has 5 nitrogen and oxygen atoms in total. The van der Waals surface area contributed by atoms with Crippen LogP contribution in [0.1, 0.15) is 17.8 Å². The number of aromatic nitrogens is 3. The highest BCUT2D eigenvalue weighted by Crippen LogP contribution is 2.34. The van der Waals surface area contributed by atoms with Gasteiger partial charge in [-0.1, -0.05) is 6.07 Å². The lowest BCUT2D eigenvalue weighted by Gasteiger charge is -2.56. The molecule has 3 aliphatic rings. The van der Waals surface area contributed by atoms with E-state index in [0.29, 0.717) is 12.1 Å². The molecule has 2 unspecified atom stereocenters. The first kappa shape index (κ1) is 12.7. The highest BCUT2D eigenvalue weighted by molar-refractivity contribution is 5.34. The summed E-state index contributed by atoms with van der Waals surface area (Å²) in [5.41, 5.74) is 2.19. The molecule has 2 aromatic heterocycles. The lowest BCUT2D eigenvalue weighted by molar-refractivity contribution is -0.00996. The quantitative estimate of drug-likeness (QED) is 0.856. The minimum atomic E-state index is 0.606. The summed E-state index contributed by atoms with van der Waals surface area (Å²) < 4.78 is 0. The molecule has 2 bridgehead atoms. The molecule has 0 saturated carbocycles. The zero-order valence-electron chi connectivity index (χ0n) is 12.2. The van der Waals surface area contributed by atoms with Gasteiger partial charge in [0.25, 0.3) is 0 Å². The van der Waals surface area contributed by atoms with Crippen LogP contribution in [0.4, 0.5) is 5.95 Å². The number of fused-ring (bicyclic) bond motifs is 2. The monoisotopic (exact) mass is 281 g/mol. The van der Waals surface area contributed by atoms with Gasteiger partial charge >= 0.3 is 0 Å². The average molecular weight is 281 g/mol. The van der Waals surface area contributed by atoms with Crippen molar-refractivity contribution in [3.8, 4) is 0 Å². The summed E-state index contributed by atoms with van der Waals surface area (Å²) in [7, 11) is 0. The van der Waals surface area contributed by atoms with E-state index >= 15 is 0 Å². The van der Waals surface area contributed by atoms with Gasteiger partial charge in [-0.05, 0) is 31.5 Å². The van der Waals surface area contributed by atoms with Gasteiger partial charge in [-0.15, -0.1) is 0 Å². The summed E-state index contributed by atoms with van der Waals surface area (Å²) in [6, 6.07) is 9.30. The van der Waals surface area contributed by atoms with E-state index in [-0.39, 0.29) is 0 Å². The molecule has 5 heteroatoms. The molecule has 0 radical (unpaired) electrons. The zero-order chi connectivity index (χ0) is 14.2. The Morgan fingerprint density at radius 3 is 2.67 bits per heavy atom. The molecule has 3 fully saturated rings. The van der Waals surface area contributed by atoms with E-state index in [1.165, 1.54) is 6.42 Å². The van der Waals surface area contributed by atoms with Gasteiger partial charge in [0.15, 0.2) is 0 Å². The molecule has 0 aliphatic carbocycles. The van der Waals surface area contributed by atoms with Gasteiger partial charge in [-0.2, -0.15) is 0 Å². The number of pyridine rings is 1. The number of hydrogen-bond acceptors (Lipinski definition) is 5. The summed E-state index contributed by atoms with van der Waals surface area (Å²) in [5, 5.41) is 0. The van der Waals surface area contributed by atoms with Crippen molar-refractivity contribution < 1.29 is 0 Å². The zero-order valence-corrected chi connectivity index (χ0v) is 12.2. The van der Waals surface area contributed by atoms with E-state index < -0.39 is 0 Å². The van der Waals surface area contributed by atoms with Gasteiger partial charge in [0.2, 0.25) is 5.95 Å². The average Bonchev–Trinajstić information content (AvgIpc) is 2.54. The fraction of sp³-hybridized carbons (Fsp3) is 0.438. The molecule has 5 heterocycles. The molecule has 2 atom stereocenters. The van der Waals surface area contributed by atoms with Crippen molar-refractivity contribution in [1.82, 2.24) is 19.9 Å². The number of piperidine rings is 1. The maximum atomic E-state index is 4.54. The van der Waals surface area contributed by atoms with Crippen molar-refractivity contribution in [2.24, 2.45) is 0 Å². The Balaban J connectivity index is 1.44. The Morgan fingerprint density at radius 1 is 1.10 bits per heavy atom. The van der Waals surface area contributed by atoms with Gasteiger partial charge in [0, 0.05) is 49.8 Å². The minimum Gasteiger partial charge on any atom is -0.338 e. The highest BCUT2D eigenvalue weighted by Gasteiger charge is 2.45. The van der Waals surface area contributed by atoms with E-state index in [2.05, 4.69) is 36.9 Å². The second-order valence-electron chi connectivity index (χ2n) is 5.94. The van der Waals surface area contributed by atoms with Gasteiger partial charge in [-0.25, -0.2) is 9.97 Å². The molecule has 0 aromatic carbocycles.